The molecule has 1 aromatic heterocycles. The maximum atomic E-state index is 9.48. The van der Waals surface area contributed by atoms with Crippen LogP contribution in [-0.2, 0) is 0 Å². The molecule has 9 aromatic rings. The van der Waals surface area contributed by atoms with Crippen LogP contribution in [0.25, 0.3) is 88.0 Å². The summed E-state index contributed by atoms with van der Waals surface area (Å²) in [5.41, 5.74) is 0.836. The summed E-state index contributed by atoms with van der Waals surface area (Å²) >= 11 is 0. The van der Waals surface area contributed by atoms with Crippen LogP contribution in [0.3, 0.4) is 0 Å². The first kappa shape index (κ1) is 13.8. The number of fused-ring (bicyclic) bond motifs is 5. The first-order valence-electron chi connectivity index (χ1n) is 22.6. The second-order valence-corrected chi connectivity index (χ2v) is 10.4. The minimum atomic E-state index is -0.824. The maximum absolute atomic E-state index is 9.48. The molecule has 1 heterocycles. The van der Waals surface area contributed by atoms with Crippen molar-refractivity contribution in [3.05, 3.63) is 169 Å². The molecule has 0 aliphatic heterocycles. The third-order valence-electron chi connectivity index (χ3n) is 7.87. The van der Waals surface area contributed by atoms with Crippen molar-refractivity contribution in [1.29, 1.82) is 0 Å². The van der Waals surface area contributed by atoms with Gasteiger partial charge in [-0.25, -0.2) is 0 Å². The molecule has 0 unspecified atom stereocenters. The number of furan rings is 1. The van der Waals surface area contributed by atoms with Crippen molar-refractivity contribution in [2.45, 2.75) is 0 Å². The first-order chi connectivity index (χ1) is 29.4. The van der Waals surface area contributed by atoms with Crippen molar-refractivity contribution in [1.82, 2.24) is 0 Å². The van der Waals surface area contributed by atoms with E-state index in [1.807, 2.05) is 48.5 Å². The van der Waals surface area contributed by atoms with Gasteiger partial charge in [-0.15, -0.1) is 0 Å². The van der Waals surface area contributed by atoms with E-state index in [2.05, 4.69) is 0 Å². The van der Waals surface area contributed by atoms with Gasteiger partial charge in [-0.3, -0.25) is 0 Å². The third-order valence-corrected chi connectivity index (χ3v) is 7.87. The van der Waals surface area contributed by atoms with Gasteiger partial charge in [-0.1, -0.05) is 157 Å². The van der Waals surface area contributed by atoms with Gasteiger partial charge in [-0.05, 0) is 72.6 Å². The molecule has 0 aliphatic carbocycles. The lowest BCUT2D eigenvalue weighted by atomic mass is 9.86. The standard InChI is InChI=1S/C44H28O/c1-3-12-30(13-4-1)34-20-11-21-39-40-28-33(26-27-41(40)45-44(34)39)29-22-24-32(25-23-29)43-37-18-9-7-16-35(37)42(31-14-5-2-6-15-31)36-17-8-10-19-38(36)43/h1-28H/i2D,5D,6D,7D,8D,9D,10D,14D,15D,16D,17D,18D,19D,22D,23D,24D,25D. The molecule has 0 bridgehead atoms. The zero-order valence-corrected chi connectivity index (χ0v) is 23.3. The van der Waals surface area contributed by atoms with Crippen molar-refractivity contribution in [3.63, 3.8) is 0 Å². The Labute approximate surface area is 285 Å². The van der Waals surface area contributed by atoms with E-state index in [4.69, 9.17) is 19.5 Å². The number of benzene rings is 8. The van der Waals surface area contributed by atoms with E-state index in [1.54, 1.807) is 18.2 Å². The molecule has 0 spiro atoms. The summed E-state index contributed by atoms with van der Waals surface area (Å²) in [6.07, 6.45) is 0. The lowest BCUT2D eigenvalue weighted by Gasteiger charge is -2.18. The number of rotatable bonds is 4. The maximum Gasteiger partial charge on any atom is 0.143 e. The molecule has 0 atom stereocenters. The molecule has 210 valence electrons. The van der Waals surface area contributed by atoms with Crippen LogP contribution >= 0.6 is 0 Å². The largest absolute Gasteiger partial charge is 0.455 e. The lowest BCUT2D eigenvalue weighted by molar-refractivity contribution is 0.670. The monoisotopic (exact) mass is 589 g/mol. The Morgan fingerprint density at radius 1 is 0.378 bits per heavy atom. The number of hydrogen-bond donors (Lipinski definition) is 0. The molecule has 0 N–H and O–H groups in total. The SMILES string of the molecule is [2H]c1c([2H])c([2H])c(-c2c3c([2H])c([2H])c([2H])c([2H])c3c(-c3c([2H])c([2H])c(-c4ccc5oc6c(-c7ccccc7)cccc6c5c4)c([2H])c3[2H])c3c([2H])c([2H])c([2H])c([2H])c23)c([2H])c1[2H]. The van der Waals surface area contributed by atoms with Crippen LogP contribution in [0.15, 0.2) is 174 Å². The Hall–Kier alpha value is -5.92. The molecule has 0 saturated carbocycles. The van der Waals surface area contributed by atoms with Crippen molar-refractivity contribution in [2.24, 2.45) is 0 Å². The molecule has 0 saturated heterocycles. The highest BCUT2D eigenvalue weighted by molar-refractivity contribution is 6.21. The summed E-state index contributed by atoms with van der Waals surface area (Å²) in [5.74, 6) is 0. The van der Waals surface area contributed by atoms with Crippen LogP contribution < -0.4 is 0 Å². The quantitative estimate of drug-likeness (QED) is 0.186. The number of para-hydroxylation sites is 1. The highest BCUT2D eigenvalue weighted by Crippen LogP contribution is 2.44. The van der Waals surface area contributed by atoms with E-state index in [9.17, 15) is 8.22 Å². The smallest absolute Gasteiger partial charge is 0.143 e. The van der Waals surface area contributed by atoms with Crippen molar-refractivity contribution in [3.8, 4) is 44.5 Å². The zero-order valence-electron chi connectivity index (χ0n) is 40.3. The van der Waals surface area contributed by atoms with E-state index < -0.39 is 147 Å². The molecule has 1 heteroatoms. The van der Waals surface area contributed by atoms with E-state index in [0.717, 1.165) is 16.5 Å². The fourth-order valence-electron chi connectivity index (χ4n) is 5.88. The van der Waals surface area contributed by atoms with Crippen LogP contribution in [0, 0.1) is 0 Å². The Balaban J connectivity index is 1.42. The van der Waals surface area contributed by atoms with Gasteiger partial charge in [0, 0.05) is 16.3 Å². The van der Waals surface area contributed by atoms with Gasteiger partial charge >= 0.3 is 0 Å². The highest BCUT2D eigenvalue weighted by Gasteiger charge is 2.17. The minimum absolute atomic E-state index is 0.132. The molecule has 0 radical (unpaired) electrons. The van der Waals surface area contributed by atoms with Gasteiger partial charge in [0.25, 0.3) is 0 Å². The van der Waals surface area contributed by atoms with Crippen LogP contribution in [0.2, 0.25) is 0 Å². The average molecular weight is 590 g/mol. The summed E-state index contributed by atoms with van der Waals surface area (Å²) in [6.45, 7) is 0. The predicted octanol–water partition coefficient (Wildman–Crippen LogP) is 12.6. The second kappa shape index (κ2) is 10.4. The van der Waals surface area contributed by atoms with Crippen LogP contribution in [-0.4, -0.2) is 0 Å². The van der Waals surface area contributed by atoms with Gasteiger partial charge in [0.15, 0.2) is 0 Å². The molecule has 8 aromatic carbocycles. The van der Waals surface area contributed by atoms with Crippen molar-refractivity contribution >= 4 is 43.5 Å². The molecule has 0 aliphatic rings. The Bertz CT molecular complexity index is 3350. The molecule has 0 amide bonds. The summed E-state index contributed by atoms with van der Waals surface area (Å²) in [5, 5.41) is -0.696. The van der Waals surface area contributed by atoms with Crippen molar-refractivity contribution in [2.75, 3.05) is 0 Å². The van der Waals surface area contributed by atoms with E-state index in [1.165, 1.54) is 0 Å². The molecule has 1 nitrogen and oxygen atoms in total. The molecule has 0 fully saturated rings. The van der Waals surface area contributed by atoms with Crippen molar-refractivity contribution < 1.29 is 27.7 Å². The topological polar surface area (TPSA) is 13.1 Å². The molecule has 9 rings (SSSR count). The van der Waals surface area contributed by atoms with E-state index >= 15 is 0 Å². The Morgan fingerprint density at radius 3 is 1.60 bits per heavy atom. The van der Waals surface area contributed by atoms with E-state index in [0.29, 0.717) is 16.6 Å². The van der Waals surface area contributed by atoms with Crippen LogP contribution in [0.5, 0.6) is 0 Å². The van der Waals surface area contributed by atoms with Gasteiger partial charge in [0.05, 0.1) is 23.3 Å². The average Bonchev–Trinajstić information content (AvgIpc) is 3.65. The summed E-state index contributed by atoms with van der Waals surface area (Å²) in [7, 11) is 0. The number of hydrogen-bond acceptors (Lipinski definition) is 1. The molecule has 45 heavy (non-hydrogen) atoms. The molecular formula is C44H28O. The summed E-state index contributed by atoms with van der Waals surface area (Å²) < 4.78 is 158. The van der Waals surface area contributed by atoms with Crippen LogP contribution in [0.4, 0.5) is 0 Å². The van der Waals surface area contributed by atoms with Gasteiger partial charge in [0.2, 0.25) is 0 Å². The third kappa shape index (κ3) is 4.17. The van der Waals surface area contributed by atoms with Crippen LogP contribution in [0.1, 0.15) is 23.3 Å². The van der Waals surface area contributed by atoms with Gasteiger partial charge in [-0.2, -0.15) is 0 Å². The normalized spacial score (nSPS) is 16.8. The Kier molecular flexibility index (Phi) is 3.18. The zero-order chi connectivity index (χ0) is 44.5. The fourth-order valence-corrected chi connectivity index (χ4v) is 5.88. The minimum Gasteiger partial charge on any atom is -0.455 e. The summed E-state index contributed by atoms with van der Waals surface area (Å²) in [6, 6.07) is 7.10. The Morgan fingerprint density at radius 2 is 0.956 bits per heavy atom. The predicted molar refractivity (Wildman–Crippen MR) is 190 cm³/mol. The van der Waals surface area contributed by atoms with Gasteiger partial charge in [0.1, 0.15) is 11.2 Å². The van der Waals surface area contributed by atoms with Gasteiger partial charge < -0.3 is 4.42 Å². The molecular weight excluding hydrogens is 544 g/mol. The highest BCUT2D eigenvalue weighted by atomic mass is 16.3. The fraction of sp³-hybridized carbons (Fsp3) is 0. The van der Waals surface area contributed by atoms with E-state index in [-0.39, 0.29) is 11.1 Å². The first-order valence-corrected chi connectivity index (χ1v) is 14.1. The lowest BCUT2D eigenvalue weighted by Crippen LogP contribution is -1.90. The summed E-state index contributed by atoms with van der Waals surface area (Å²) in [4.78, 5) is 0. The second-order valence-electron chi connectivity index (χ2n) is 10.4.